The van der Waals surface area contributed by atoms with E-state index in [0.29, 0.717) is 10.6 Å². The topological polar surface area (TPSA) is 65.4 Å². The zero-order chi connectivity index (χ0) is 13.9. The van der Waals surface area contributed by atoms with Crippen molar-refractivity contribution in [3.63, 3.8) is 0 Å². The second-order valence-corrected chi connectivity index (χ2v) is 4.55. The number of allylic oxidation sites excluding steroid dienone is 1. The molecule has 0 bridgehead atoms. The summed E-state index contributed by atoms with van der Waals surface area (Å²) in [4.78, 5) is 3.95. The number of H-pyrrole nitrogens is 1. The Morgan fingerprint density at radius 2 is 2.00 bits per heavy atom. The van der Waals surface area contributed by atoms with Crippen LogP contribution in [0.1, 0.15) is 11.1 Å². The van der Waals surface area contributed by atoms with Gasteiger partial charge in [-0.1, -0.05) is 23.7 Å². The SMILES string of the molecule is N#C/C(=C(/Cl)c1ccncc1)c1cccc2[nH]ncc12. The second-order valence-electron chi connectivity index (χ2n) is 4.17. The van der Waals surface area contributed by atoms with E-state index in [0.717, 1.165) is 22.0 Å². The Morgan fingerprint density at radius 3 is 2.75 bits per heavy atom. The van der Waals surface area contributed by atoms with E-state index in [2.05, 4.69) is 21.3 Å². The van der Waals surface area contributed by atoms with Crippen LogP contribution >= 0.6 is 11.6 Å². The smallest absolute Gasteiger partial charge is 0.101 e. The van der Waals surface area contributed by atoms with Gasteiger partial charge in [0.1, 0.15) is 6.07 Å². The summed E-state index contributed by atoms with van der Waals surface area (Å²) < 4.78 is 0. The largest absolute Gasteiger partial charge is 0.278 e. The first-order valence-corrected chi connectivity index (χ1v) is 6.32. The van der Waals surface area contributed by atoms with E-state index in [1.807, 2.05) is 18.2 Å². The third-order valence-corrected chi connectivity index (χ3v) is 3.43. The van der Waals surface area contributed by atoms with E-state index in [1.165, 1.54) is 0 Å². The summed E-state index contributed by atoms with van der Waals surface area (Å²) in [6.45, 7) is 0. The molecule has 0 radical (unpaired) electrons. The molecule has 0 saturated carbocycles. The molecule has 0 atom stereocenters. The fourth-order valence-electron chi connectivity index (χ4n) is 2.06. The highest BCUT2D eigenvalue weighted by Crippen LogP contribution is 2.32. The Morgan fingerprint density at radius 1 is 1.20 bits per heavy atom. The minimum absolute atomic E-state index is 0.406. The minimum atomic E-state index is 0.406. The van der Waals surface area contributed by atoms with Gasteiger partial charge in [0.15, 0.2) is 0 Å². The molecule has 1 N–H and O–H groups in total. The highest BCUT2D eigenvalue weighted by Gasteiger charge is 2.13. The molecule has 0 fully saturated rings. The normalized spacial score (nSPS) is 12.0. The maximum absolute atomic E-state index is 9.47. The van der Waals surface area contributed by atoms with Gasteiger partial charge in [0.05, 0.1) is 22.3 Å². The number of aromatic nitrogens is 3. The summed E-state index contributed by atoms with van der Waals surface area (Å²) in [6, 6.07) is 11.4. The number of rotatable bonds is 2. The Kier molecular flexibility index (Phi) is 3.20. The lowest BCUT2D eigenvalue weighted by atomic mass is 10.0. The van der Waals surface area contributed by atoms with Crippen molar-refractivity contribution in [2.75, 3.05) is 0 Å². The number of fused-ring (bicyclic) bond motifs is 1. The number of aromatic amines is 1. The molecule has 4 nitrogen and oxygen atoms in total. The first-order chi connectivity index (χ1) is 9.81. The summed E-state index contributed by atoms with van der Waals surface area (Å²) in [5, 5.41) is 17.6. The summed E-state index contributed by atoms with van der Waals surface area (Å²) in [5.74, 6) is 0. The number of hydrogen-bond acceptors (Lipinski definition) is 3. The van der Waals surface area contributed by atoms with Crippen LogP contribution in [0.3, 0.4) is 0 Å². The molecule has 1 aromatic carbocycles. The van der Waals surface area contributed by atoms with Crippen LogP contribution in [0.4, 0.5) is 0 Å². The number of hydrogen-bond donors (Lipinski definition) is 1. The molecule has 0 aliphatic heterocycles. The van der Waals surface area contributed by atoms with Crippen molar-refractivity contribution in [2.24, 2.45) is 0 Å². The molecule has 20 heavy (non-hydrogen) atoms. The summed E-state index contributed by atoms with van der Waals surface area (Å²) >= 11 is 6.37. The van der Waals surface area contributed by atoms with E-state index >= 15 is 0 Å². The van der Waals surface area contributed by atoms with E-state index in [1.54, 1.807) is 30.7 Å². The van der Waals surface area contributed by atoms with E-state index < -0.39 is 0 Å². The molecule has 3 aromatic rings. The molecule has 2 aromatic heterocycles. The molecule has 0 amide bonds. The molecule has 2 heterocycles. The Labute approximate surface area is 120 Å². The van der Waals surface area contributed by atoms with Crippen molar-refractivity contribution < 1.29 is 0 Å². The van der Waals surface area contributed by atoms with Gasteiger partial charge in [-0.15, -0.1) is 0 Å². The first-order valence-electron chi connectivity index (χ1n) is 5.94. The lowest BCUT2D eigenvalue weighted by Crippen LogP contribution is -1.87. The van der Waals surface area contributed by atoms with Crippen LogP contribution in [0.25, 0.3) is 21.5 Å². The lowest BCUT2D eigenvalue weighted by Gasteiger charge is -2.05. The molecule has 0 aliphatic carbocycles. The van der Waals surface area contributed by atoms with Crippen LogP contribution in [0.2, 0.25) is 0 Å². The fraction of sp³-hybridized carbons (Fsp3) is 0. The summed E-state index contributed by atoms with van der Waals surface area (Å²) in [7, 11) is 0. The average molecular weight is 281 g/mol. The fourth-order valence-corrected chi connectivity index (χ4v) is 2.33. The number of benzene rings is 1. The maximum Gasteiger partial charge on any atom is 0.101 e. The van der Waals surface area contributed by atoms with Gasteiger partial charge < -0.3 is 0 Å². The van der Waals surface area contributed by atoms with Gasteiger partial charge >= 0.3 is 0 Å². The predicted molar refractivity (Wildman–Crippen MR) is 78.6 cm³/mol. The Hall–Kier alpha value is -2.64. The van der Waals surface area contributed by atoms with E-state index in [9.17, 15) is 5.26 Å². The summed E-state index contributed by atoms with van der Waals surface area (Å²) in [6.07, 6.45) is 4.98. The predicted octanol–water partition coefficient (Wildman–Crippen LogP) is 3.59. The van der Waals surface area contributed by atoms with Crippen molar-refractivity contribution >= 4 is 33.1 Å². The van der Waals surface area contributed by atoms with Gasteiger partial charge in [-0.3, -0.25) is 10.1 Å². The van der Waals surface area contributed by atoms with Gasteiger partial charge in [0, 0.05) is 23.3 Å². The molecule has 0 spiro atoms. The summed E-state index contributed by atoms with van der Waals surface area (Å²) in [5.41, 5.74) is 2.82. The van der Waals surface area contributed by atoms with Crippen LogP contribution in [-0.2, 0) is 0 Å². The third kappa shape index (κ3) is 2.04. The van der Waals surface area contributed by atoms with Crippen molar-refractivity contribution in [1.29, 1.82) is 5.26 Å². The number of halogens is 1. The molecule has 0 unspecified atom stereocenters. The molecule has 0 saturated heterocycles. The quantitative estimate of drug-likeness (QED) is 0.730. The van der Waals surface area contributed by atoms with Crippen molar-refractivity contribution in [1.82, 2.24) is 15.2 Å². The van der Waals surface area contributed by atoms with E-state index in [-0.39, 0.29) is 0 Å². The number of pyridine rings is 1. The minimum Gasteiger partial charge on any atom is -0.278 e. The van der Waals surface area contributed by atoms with Crippen LogP contribution in [-0.4, -0.2) is 15.2 Å². The maximum atomic E-state index is 9.47. The number of nitrogens with zero attached hydrogens (tertiary/aromatic N) is 3. The van der Waals surface area contributed by atoms with Crippen LogP contribution in [0.15, 0.2) is 48.9 Å². The molecule has 3 rings (SSSR count). The van der Waals surface area contributed by atoms with Crippen LogP contribution in [0, 0.1) is 11.3 Å². The van der Waals surface area contributed by atoms with Crippen LogP contribution in [0.5, 0.6) is 0 Å². The highest BCUT2D eigenvalue weighted by molar-refractivity contribution is 6.53. The Balaban J connectivity index is 2.25. The number of nitrogens with one attached hydrogen (secondary N) is 1. The van der Waals surface area contributed by atoms with Crippen LogP contribution < -0.4 is 0 Å². The van der Waals surface area contributed by atoms with Gasteiger partial charge in [0.2, 0.25) is 0 Å². The monoisotopic (exact) mass is 280 g/mol. The van der Waals surface area contributed by atoms with Gasteiger partial charge in [-0.25, -0.2) is 0 Å². The van der Waals surface area contributed by atoms with Gasteiger partial charge in [0.25, 0.3) is 0 Å². The molecular formula is C15H9ClN4. The number of nitriles is 1. The standard InChI is InChI=1S/C15H9ClN4/c16-15(10-4-6-18-7-5-10)12(8-17)11-2-1-3-14-13(11)9-19-20-14/h1-7,9H,(H,19,20)/b15-12-. The molecular weight excluding hydrogens is 272 g/mol. The van der Waals surface area contributed by atoms with E-state index in [4.69, 9.17) is 11.6 Å². The van der Waals surface area contributed by atoms with Gasteiger partial charge in [-0.2, -0.15) is 10.4 Å². The third-order valence-electron chi connectivity index (χ3n) is 3.02. The molecule has 5 heteroatoms. The van der Waals surface area contributed by atoms with Gasteiger partial charge in [-0.05, 0) is 23.8 Å². The first kappa shape index (κ1) is 12.4. The zero-order valence-electron chi connectivity index (χ0n) is 10.3. The van der Waals surface area contributed by atoms with Crippen molar-refractivity contribution in [3.05, 3.63) is 60.0 Å². The second kappa shape index (κ2) is 5.16. The van der Waals surface area contributed by atoms with Crippen molar-refractivity contribution in [2.45, 2.75) is 0 Å². The molecule has 96 valence electrons. The highest BCUT2D eigenvalue weighted by atomic mass is 35.5. The molecule has 0 aliphatic rings. The average Bonchev–Trinajstić information content (AvgIpc) is 2.98. The Bertz CT molecular complexity index is 828. The zero-order valence-corrected chi connectivity index (χ0v) is 11.1. The lowest BCUT2D eigenvalue weighted by molar-refractivity contribution is 1.12. The van der Waals surface area contributed by atoms with Crippen molar-refractivity contribution in [3.8, 4) is 6.07 Å².